The van der Waals surface area contributed by atoms with E-state index in [-0.39, 0.29) is 0 Å². The van der Waals surface area contributed by atoms with Gasteiger partial charge in [-0.2, -0.15) is 0 Å². The number of carbonyl (C=O) groups is 1. The van der Waals surface area contributed by atoms with Crippen molar-refractivity contribution in [3.63, 3.8) is 0 Å². The molecule has 66 valence electrons. The second-order valence-electron chi connectivity index (χ2n) is 3.28. The van der Waals surface area contributed by atoms with Crippen LogP contribution in [0.15, 0.2) is 0 Å². The third-order valence-corrected chi connectivity index (χ3v) is 2.14. The Labute approximate surface area is 69.4 Å². The minimum atomic E-state index is 0.335. The van der Waals surface area contributed by atoms with Crippen LogP contribution in [0.5, 0.6) is 0 Å². The first-order chi connectivity index (χ1) is 5.20. The molecule has 0 spiro atoms. The molecule has 2 atom stereocenters. The maximum atomic E-state index is 10.0. The fraction of sp³-hybridized carbons (Fsp3) is 0.889. The first-order valence-electron chi connectivity index (χ1n) is 4.40. The molecule has 2 heteroatoms. The third kappa shape index (κ3) is 5.89. The second-order valence-corrected chi connectivity index (χ2v) is 3.28. The Bertz CT molecular complexity index is 104. The highest BCUT2D eigenvalue weighted by Crippen LogP contribution is 2.10. The normalized spacial score (nSPS) is 15.5. The van der Waals surface area contributed by atoms with E-state index in [4.69, 9.17) is 0 Å². The van der Waals surface area contributed by atoms with Crippen LogP contribution >= 0.6 is 0 Å². The van der Waals surface area contributed by atoms with Gasteiger partial charge in [-0.3, -0.25) is 4.79 Å². The summed E-state index contributed by atoms with van der Waals surface area (Å²) in [6.07, 6.45) is 4.31. The molecule has 0 aromatic carbocycles. The quantitative estimate of drug-likeness (QED) is 0.587. The molecule has 0 aliphatic rings. The van der Waals surface area contributed by atoms with Crippen LogP contribution < -0.4 is 5.32 Å². The lowest BCUT2D eigenvalue weighted by atomic mass is 10.0. The number of carbonyl (C=O) groups excluding carboxylic acids is 1. The van der Waals surface area contributed by atoms with Crippen LogP contribution in [0.4, 0.5) is 0 Å². The van der Waals surface area contributed by atoms with Crippen molar-refractivity contribution in [2.24, 2.45) is 5.92 Å². The predicted molar refractivity (Wildman–Crippen MR) is 47.4 cm³/mol. The van der Waals surface area contributed by atoms with E-state index in [1.54, 1.807) is 0 Å². The van der Waals surface area contributed by atoms with E-state index in [1.165, 1.54) is 12.8 Å². The number of hydrogen-bond donors (Lipinski definition) is 1. The largest absolute Gasteiger partial charge is 0.356 e. The van der Waals surface area contributed by atoms with Gasteiger partial charge in [0.2, 0.25) is 6.41 Å². The number of nitrogens with one attached hydrogen (secondary N) is 1. The van der Waals surface area contributed by atoms with Gasteiger partial charge in [-0.15, -0.1) is 0 Å². The van der Waals surface area contributed by atoms with Gasteiger partial charge in [0.25, 0.3) is 0 Å². The van der Waals surface area contributed by atoms with Gasteiger partial charge in [0.1, 0.15) is 0 Å². The molecule has 0 aliphatic carbocycles. The van der Waals surface area contributed by atoms with Crippen LogP contribution in [0.2, 0.25) is 0 Å². The van der Waals surface area contributed by atoms with Crippen LogP contribution in [0.25, 0.3) is 0 Å². The summed E-state index contributed by atoms with van der Waals surface area (Å²) in [5.74, 6) is 0.783. The van der Waals surface area contributed by atoms with Crippen LogP contribution in [0, 0.1) is 5.92 Å². The molecule has 1 N–H and O–H groups in total. The van der Waals surface area contributed by atoms with E-state index in [0.717, 1.165) is 18.7 Å². The molecular formula is C9H19NO. The summed E-state index contributed by atoms with van der Waals surface area (Å²) in [5.41, 5.74) is 0. The van der Waals surface area contributed by atoms with Gasteiger partial charge in [-0.25, -0.2) is 0 Å². The molecule has 0 bridgehead atoms. The first-order valence-corrected chi connectivity index (χ1v) is 4.40. The van der Waals surface area contributed by atoms with Crippen LogP contribution in [-0.4, -0.2) is 12.5 Å². The fourth-order valence-electron chi connectivity index (χ4n) is 0.938. The maximum absolute atomic E-state index is 10.0. The molecule has 0 aromatic rings. The molecular weight excluding hydrogens is 138 g/mol. The Morgan fingerprint density at radius 1 is 1.36 bits per heavy atom. The summed E-state index contributed by atoms with van der Waals surface area (Å²) < 4.78 is 0. The van der Waals surface area contributed by atoms with Gasteiger partial charge < -0.3 is 5.32 Å². The summed E-state index contributed by atoms with van der Waals surface area (Å²) in [6, 6.07) is 0.335. The molecule has 2 nitrogen and oxygen atoms in total. The van der Waals surface area contributed by atoms with Gasteiger partial charge in [0.15, 0.2) is 0 Å². The SMILES string of the molecule is CCC(C)CCC(C)NC=O. The van der Waals surface area contributed by atoms with Gasteiger partial charge in [-0.1, -0.05) is 20.3 Å². The highest BCUT2D eigenvalue weighted by Gasteiger charge is 2.02. The molecule has 2 unspecified atom stereocenters. The molecule has 0 rings (SSSR count). The van der Waals surface area contributed by atoms with Gasteiger partial charge in [-0.05, 0) is 25.7 Å². The molecule has 0 aliphatic heterocycles. The van der Waals surface area contributed by atoms with E-state index < -0.39 is 0 Å². The Morgan fingerprint density at radius 2 is 2.00 bits per heavy atom. The van der Waals surface area contributed by atoms with Crippen LogP contribution in [-0.2, 0) is 4.79 Å². The lowest BCUT2D eigenvalue weighted by Crippen LogP contribution is -2.24. The van der Waals surface area contributed by atoms with Crippen molar-refractivity contribution in [2.75, 3.05) is 0 Å². The summed E-state index contributed by atoms with van der Waals surface area (Å²) in [7, 11) is 0. The van der Waals surface area contributed by atoms with E-state index in [2.05, 4.69) is 19.2 Å². The molecule has 11 heavy (non-hydrogen) atoms. The Kier molecular flexibility index (Phi) is 5.90. The average Bonchev–Trinajstić information content (AvgIpc) is 2.01. The van der Waals surface area contributed by atoms with Crippen LogP contribution in [0.3, 0.4) is 0 Å². The Hall–Kier alpha value is -0.530. The van der Waals surface area contributed by atoms with E-state index >= 15 is 0 Å². The zero-order chi connectivity index (χ0) is 8.69. The third-order valence-electron chi connectivity index (χ3n) is 2.14. The average molecular weight is 157 g/mol. The van der Waals surface area contributed by atoms with Gasteiger partial charge in [0.05, 0.1) is 0 Å². The highest BCUT2D eigenvalue weighted by molar-refractivity contribution is 5.46. The van der Waals surface area contributed by atoms with Gasteiger partial charge >= 0.3 is 0 Å². The molecule has 0 fully saturated rings. The number of hydrogen-bond acceptors (Lipinski definition) is 1. The van der Waals surface area contributed by atoms with Gasteiger partial charge in [0, 0.05) is 6.04 Å². The smallest absolute Gasteiger partial charge is 0.207 e. The lowest BCUT2D eigenvalue weighted by molar-refractivity contribution is -0.110. The molecule has 0 heterocycles. The number of amides is 1. The van der Waals surface area contributed by atoms with E-state index in [0.29, 0.717) is 6.04 Å². The van der Waals surface area contributed by atoms with E-state index in [1.807, 2.05) is 6.92 Å². The minimum absolute atomic E-state index is 0.335. The molecule has 0 aromatic heterocycles. The summed E-state index contributed by atoms with van der Waals surface area (Å²) >= 11 is 0. The van der Waals surface area contributed by atoms with E-state index in [9.17, 15) is 4.79 Å². The number of rotatable bonds is 6. The standard InChI is InChI=1S/C9H19NO/c1-4-8(2)5-6-9(3)10-7-11/h7-9H,4-6H2,1-3H3,(H,10,11). The van der Waals surface area contributed by atoms with Crippen molar-refractivity contribution < 1.29 is 4.79 Å². The minimum Gasteiger partial charge on any atom is -0.356 e. The molecule has 0 radical (unpaired) electrons. The Balaban J connectivity index is 3.29. The summed E-state index contributed by atoms with van der Waals surface area (Å²) in [6.45, 7) is 6.48. The topological polar surface area (TPSA) is 29.1 Å². The maximum Gasteiger partial charge on any atom is 0.207 e. The monoisotopic (exact) mass is 157 g/mol. The molecule has 0 saturated carbocycles. The fourth-order valence-corrected chi connectivity index (χ4v) is 0.938. The van der Waals surface area contributed by atoms with Crippen molar-refractivity contribution in [3.8, 4) is 0 Å². The summed E-state index contributed by atoms with van der Waals surface area (Å²) in [4.78, 5) is 10.0. The highest BCUT2D eigenvalue weighted by atomic mass is 16.1. The van der Waals surface area contributed by atoms with Crippen molar-refractivity contribution >= 4 is 6.41 Å². The van der Waals surface area contributed by atoms with Crippen LogP contribution in [0.1, 0.15) is 40.0 Å². The Morgan fingerprint density at radius 3 is 2.45 bits per heavy atom. The second kappa shape index (κ2) is 6.20. The lowest BCUT2D eigenvalue weighted by Gasteiger charge is -2.12. The van der Waals surface area contributed by atoms with Crippen molar-refractivity contribution in [1.82, 2.24) is 5.32 Å². The van der Waals surface area contributed by atoms with Crippen molar-refractivity contribution in [2.45, 2.75) is 46.1 Å². The van der Waals surface area contributed by atoms with Crippen molar-refractivity contribution in [1.29, 1.82) is 0 Å². The molecule has 1 amide bonds. The molecule has 0 saturated heterocycles. The first kappa shape index (κ1) is 10.5. The zero-order valence-corrected chi connectivity index (χ0v) is 7.76. The predicted octanol–water partition coefficient (Wildman–Crippen LogP) is 1.95. The van der Waals surface area contributed by atoms with Crippen molar-refractivity contribution in [3.05, 3.63) is 0 Å². The zero-order valence-electron chi connectivity index (χ0n) is 7.76. The summed E-state index contributed by atoms with van der Waals surface area (Å²) in [5, 5.41) is 2.74.